The largest absolute Gasteiger partial charge is 0.389 e. The van der Waals surface area contributed by atoms with Crippen molar-refractivity contribution in [2.75, 3.05) is 6.54 Å². The van der Waals surface area contributed by atoms with Crippen LogP contribution in [0.3, 0.4) is 0 Å². The highest BCUT2D eigenvalue weighted by Gasteiger charge is 2.28. The molecule has 1 atom stereocenters. The van der Waals surface area contributed by atoms with E-state index in [-0.39, 0.29) is 6.04 Å². The smallest absolute Gasteiger partial charge is 0.0794 e. The maximum Gasteiger partial charge on any atom is 0.0794 e. The first kappa shape index (κ1) is 13.0. The molecular weight excluding hydrogens is 232 g/mol. The summed E-state index contributed by atoms with van der Waals surface area (Å²) in [5.41, 5.74) is 1.36. The standard InChI is InChI=1S/C13H22N2OS/c1-11(12-8-14-10-17-12)15-9-13(16)6-4-2-3-5-7-13/h8,10-11,15-16H,2-7,9H2,1H3. The third-order valence-electron chi connectivity index (χ3n) is 3.65. The number of rotatable bonds is 4. The molecule has 3 nitrogen and oxygen atoms in total. The summed E-state index contributed by atoms with van der Waals surface area (Å²) < 4.78 is 0. The maximum atomic E-state index is 10.5. The molecule has 4 heteroatoms. The average molecular weight is 254 g/mol. The zero-order valence-corrected chi connectivity index (χ0v) is 11.3. The van der Waals surface area contributed by atoms with E-state index in [4.69, 9.17) is 0 Å². The van der Waals surface area contributed by atoms with Crippen LogP contribution in [-0.4, -0.2) is 22.2 Å². The molecule has 0 radical (unpaired) electrons. The lowest BCUT2D eigenvalue weighted by atomic mass is 9.94. The Kier molecular flexibility index (Phi) is 4.54. The summed E-state index contributed by atoms with van der Waals surface area (Å²) in [6.45, 7) is 2.83. The highest BCUT2D eigenvalue weighted by Crippen LogP contribution is 2.27. The lowest BCUT2D eigenvalue weighted by molar-refractivity contribution is 0.0232. The molecule has 1 aliphatic rings. The van der Waals surface area contributed by atoms with Crippen LogP contribution in [0.4, 0.5) is 0 Å². The summed E-state index contributed by atoms with van der Waals surface area (Å²) in [6, 6.07) is 0.287. The van der Waals surface area contributed by atoms with Crippen molar-refractivity contribution < 1.29 is 5.11 Å². The fourth-order valence-electron chi connectivity index (χ4n) is 2.45. The lowest BCUT2D eigenvalue weighted by Gasteiger charge is -2.28. The van der Waals surface area contributed by atoms with E-state index in [0.717, 1.165) is 25.7 Å². The first-order valence-corrected chi connectivity index (χ1v) is 7.42. The van der Waals surface area contributed by atoms with Crippen LogP contribution in [0.5, 0.6) is 0 Å². The third kappa shape index (κ3) is 3.76. The molecule has 0 spiro atoms. The molecule has 0 aromatic carbocycles. The predicted molar refractivity (Wildman–Crippen MR) is 71.2 cm³/mol. The highest BCUT2D eigenvalue weighted by molar-refractivity contribution is 7.09. The van der Waals surface area contributed by atoms with Gasteiger partial charge in [-0.3, -0.25) is 4.98 Å². The Morgan fingerprint density at radius 1 is 1.41 bits per heavy atom. The molecule has 0 amide bonds. The van der Waals surface area contributed by atoms with Crippen molar-refractivity contribution in [3.8, 4) is 0 Å². The van der Waals surface area contributed by atoms with Gasteiger partial charge in [0.2, 0.25) is 0 Å². The number of aliphatic hydroxyl groups is 1. The maximum absolute atomic E-state index is 10.5. The molecule has 1 fully saturated rings. The Balaban J connectivity index is 1.84. The van der Waals surface area contributed by atoms with E-state index in [0.29, 0.717) is 6.54 Å². The summed E-state index contributed by atoms with van der Waals surface area (Å²) in [7, 11) is 0. The number of nitrogens with zero attached hydrogens (tertiary/aromatic N) is 1. The average Bonchev–Trinajstić information content (AvgIpc) is 2.77. The van der Waals surface area contributed by atoms with Crippen LogP contribution in [-0.2, 0) is 0 Å². The monoisotopic (exact) mass is 254 g/mol. The molecule has 1 saturated carbocycles. The van der Waals surface area contributed by atoms with Gasteiger partial charge in [0.05, 0.1) is 11.1 Å². The van der Waals surface area contributed by atoms with Crippen LogP contribution in [0.2, 0.25) is 0 Å². The topological polar surface area (TPSA) is 45.1 Å². The molecule has 0 aliphatic heterocycles. The first-order chi connectivity index (χ1) is 8.20. The molecule has 1 unspecified atom stereocenters. The van der Waals surface area contributed by atoms with E-state index in [2.05, 4.69) is 17.2 Å². The van der Waals surface area contributed by atoms with Crippen LogP contribution < -0.4 is 5.32 Å². The quantitative estimate of drug-likeness (QED) is 0.812. The van der Waals surface area contributed by atoms with Gasteiger partial charge in [0.1, 0.15) is 0 Å². The molecule has 0 saturated heterocycles. The molecule has 96 valence electrons. The van der Waals surface area contributed by atoms with Crippen LogP contribution in [0.25, 0.3) is 0 Å². The van der Waals surface area contributed by atoms with Crippen LogP contribution >= 0.6 is 11.3 Å². The van der Waals surface area contributed by atoms with Gasteiger partial charge in [-0.15, -0.1) is 11.3 Å². The molecule has 2 rings (SSSR count). The van der Waals surface area contributed by atoms with E-state index < -0.39 is 5.60 Å². The van der Waals surface area contributed by atoms with Gasteiger partial charge in [-0.25, -0.2) is 0 Å². The van der Waals surface area contributed by atoms with Gasteiger partial charge in [0.25, 0.3) is 0 Å². The first-order valence-electron chi connectivity index (χ1n) is 6.54. The zero-order chi connectivity index (χ0) is 12.1. The van der Waals surface area contributed by atoms with E-state index in [1.54, 1.807) is 11.3 Å². The highest BCUT2D eigenvalue weighted by atomic mass is 32.1. The third-order valence-corrected chi connectivity index (χ3v) is 4.61. The summed E-state index contributed by atoms with van der Waals surface area (Å²) in [6.07, 6.45) is 8.64. The number of nitrogens with one attached hydrogen (secondary N) is 1. The zero-order valence-electron chi connectivity index (χ0n) is 10.5. The summed E-state index contributed by atoms with van der Waals surface area (Å²) in [4.78, 5) is 5.32. The lowest BCUT2D eigenvalue weighted by Crippen LogP contribution is -2.40. The van der Waals surface area contributed by atoms with Crippen LogP contribution in [0.1, 0.15) is 56.4 Å². The minimum Gasteiger partial charge on any atom is -0.389 e. The van der Waals surface area contributed by atoms with E-state index in [1.165, 1.54) is 17.7 Å². The van der Waals surface area contributed by atoms with Crippen molar-refractivity contribution in [1.29, 1.82) is 0 Å². The van der Waals surface area contributed by atoms with Gasteiger partial charge in [0.15, 0.2) is 0 Å². The van der Waals surface area contributed by atoms with Crippen molar-refractivity contribution in [3.63, 3.8) is 0 Å². The van der Waals surface area contributed by atoms with Crippen molar-refractivity contribution in [2.24, 2.45) is 0 Å². The minimum absolute atomic E-state index is 0.287. The molecular formula is C13H22N2OS. The molecule has 1 aromatic heterocycles. The van der Waals surface area contributed by atoms with E-state index in [1.807, 2.05) is 11.7 Å². The second-order valence-corrected chi connectivity index (χ2v) is 6.06. The van der Waals surface area contributed by atoms with Crippen LogP contribution in [0, 0.1) is 0 Å². The second-order valence-electron chi connectivity index (χ2n) is 5.14. The summed E-state index contributed by atoms with van der Waals surface area (Å²) in [5, 5.41) is 14.0. The van der Waals surface area contributed by atoms with Gasteiger partial charge < -0.3 is 10.4 Å². The molecule has 1 aromatic rings. The van der Waals surface area contributed by atoms with Gasteiger partial charge in [-0.1, -0.05) is 25.7 Å². The molecule has 1 aliphatic carbocycles. The normalized spacial score (nSPS) is 22.0. The molecule has 2 N–H and O–H groups in total. The van der Waals surface area contributed by atoms with Gasteiger partial charge >= 0.3 is 0 Å². The Morgan fingerprint density at radius 3 is 2.71 bits per heavy atom. The Hall–Kier alpha value is -0.450. The number of hydrogen-bond donors (Lipinski definition) is 2. The molecule has 1 heterocycles. The van der Waals surface area contributed by atoms with Crippen molar-refractivity contribution in [3.05, 3.63) is 16.6 Å². The summed E-state index contributed by atoms with van der Waals surface area (Å²) in [5.74, 6) is 0. The van der Waals surface area contributed by atoms with Gasteiger partial charge in [0, 0.05) is 23.7 Å². The number of aromatic nitrogens is 1. The van der Waals surface area contributed by atoms with Gasteiger partial charge in [-0.05, 0) is 19.8 Å². The Morgan fingerprint density at radius 2 is 2.12 bits per heavy atom. The fraction of sp³-hybridized carbons (Fsp3) is 0.769. The fourth-order valence-corrected chi connectivity index (χ4v) is 3.10. The Bertz CT molecular complexity index is 318. The number of thiazole rings is 1. The second kappa shape index (κ2) is 5.94. The van der Waals surface area contributed by atoms with E-state index >= 15 is 0 Å². The molecule has 0 bridgehead atoms. The summed E-state index contributed by atoms with van der Waals surface area (Å²) >= 11 is 1.67. The SMILES string of the molecule is CC(NCC1(O)CCCCCC1)c1cncs1. The van der Waals surface area contributed by atoms with Crippen molar-refractivity contribution >= 4 is 11.3 Å². The minimum atomic E-state index is -0.491. The molecule has 17 heavy (non-hydrogen) atoms. The van der Waals surface area contributed by atoms with Crippen molar-refractivity contribution in [2.45, 2.75) is 57.1 Å². The van der Waals surface area contributed by atoms with Crippen molar-refractivity contribution in [1.82, 2.24) is 10.3 Å². The Labute approximate surface area is 107 Å². The van der Waals surface area contributed by atoms with E-state index in [9.17, 15) is 5.11 Å². The van der Waals surface area contributed by atoms with Crippen LogP contribution in [0.15, 0.2) is 11.7 Å². The van der Waals surface area contributed by atoms with Gasteiger partial charge in [-0.2, -0.15) is 0 Å². The predicted octanol–water partition coefficient (Wildman–Crippen LogP) is 2.88. The number of hydrogen-bond acceptors (Lipinski definition) is 4.